The van der Waals surface area contributed by atoms with Gasteiger partial charge in [0.05, 0.1) is 6.26 Å². The van der Waals surface area contributed by atoms with Crippen LogP contribution in [0, 0.1) is 0 Å². The van der Waals surface area contributed by atoms with E-state index in [1.54, 1.807) is 17.0 Å². The van der Waals surface area contributed by atoms with Gasteiger partial charge in [0.2, 0.25) is 11.8 Å². The first-order chi connectivity index (χ1) is 12.7. The number of furan rings is 1. The highest BCUT2D eigenvalue weighted by Gasteiger charge is 2.37. The topological polar surface area (TPSA) is 73.0 Å². The molecule has 0 spiro atoms. The number of rotatable bonds is 2. The van der Waals surface area contributed by atoms with Crippen LogP contribution in [0.25, 0.3) is 11.6 Å². The molecule has 0 saturated heterocycles. The minimum atomic E-state index is -0.289. The van der Waals surface area contributed by atoms with Gasteiger partial charge in [-0.3, -0.25) is 4.79 Å². The summed E-state index contributed by atoms with van der Waals surface area (Å²) in [5, 5.41) is 7.97. The summed E-state index contributed by atoms with van der Waals surface area (Å²) in [6.45, 7) is 0. The predicted octanol–water partition coefficient (Wildman–Crippen LogP) is 4.32. The van der Waals surface area contributed by atoms with Crippen molar-refractivity contribution in [3.05, 3.63) is 64.0 Å². The van der Waals surface area contributed by atoms with E-state index in [9.17, 15) is 4.79 Å². The van der Waals surface area contributed by atoms with E-state index in [0.29, 0.717) is 24.0 Å². The quantitative estimate of drug-likeness (QED) is 0.680. The first-order valence-corrected chi connectivity index (χ1v) is 9.29. The molecule has 130 valence electrons. The fourth-order valence-electron chi connectivity index (χ4n) is 3.65. The largest absolute Gasteiger partial charge is 0.461 e. The molecule has 5 rings (SSSR count). The Bertz CT molecular complexity index is 1040. The molecule has 1 unspecified atom stereocenters. The van der Waals surface area contributed by atoms with Crippen molar-refractivity contribution in [2.24, 2.45) is 0 Å². The smallest absolute Gasteiger partial charge is 0.227 e. The summed E-state index contributed by atoms with van der Waals surface area (Å²) < 4.78 is 8.20. The first kappa shape index (κ1) is 15.6. The number of hydrogen-bond acceptors (Lipinski definition) is 5. The van der Waals surface area contributed by atoms with Crippen LogP contribution in [0.5, 0.6) is 0 Å². The van der Waals surface area contributed by atoms with E-state index in [1.807, 2.05) is 30.3 Å². The molecule has 1 aromatic carbocycles. The lowest BCUT2D eigenvalue weighted by molar-refractivity contribution is -0.116. The third kappa shape index (κ3) is 2.42. The molecular weight excluding hydrogens is 396 g/mol. The predicted molar refractivity (Wildman–Crippen MR) is 99.5 cm³/mol. The zero-order valence-electron chi connectivity index (χ0n) is 13.8. The number of fused-ring (bicyclic) bond motifs is 1. The zero-order valence-corrected chi connectivity index (χ0v) is 15.4. The van der Waals surface area contributed by atoms with Crippen molar-refractivity contribution in [3.63, 3.8) is 0 Å². The first-order valence-electron chi connectivity index (χ1n) is 8.50. The number of allylic oxidation sites excluding steroid dienone is 2. The molecule has 2 aliphatic rings. The number of halogens is 1. The second kappa shape index (κ2) is 5.95. The Morgan fingerprint density at radius 2 is 2.15 bits per heavy atom. The van der Waals surface area contributed by atoms with Gasteiger partial charge < -0.3 is 9.73 Å². The molecule has 0 radical (unpaired) electrons. The lowest BCUT2D eigenvalue weighted by Gasteiger charge is -2.32. The van der Waals surface area contributed by atoms with Gasteiger partial charge in [0.25, 0.3) is 0 Å². The van der Waals surface area contributed by atoms with Crippen LogP contribution in [-0.4, -0.2) is 20.5 Å². The third-order valence-electron chi connectivity index (χ3n) is 4.77. The molecule has 1 aliphatic carbocycles. The SMILES string of the molecule is O=C1CCCC2=C1C(c1cccc(Br)c1)n1nc(-c3ccco3)nc1N2. The molecule has 0 saturated carbocycles. The van der Waals surface area contributed by atoms with E-state index in [4.69, 9.17) is 4.42 Å². The minimum Gasteiger partial charge on any atom is -0.461 e. The summed E-state index contributed by atoms with van der Waals surface area (Å²) in [6.07, 6.45) is 3.87. The fraction of sp³-hybridized carbons (Fsp3) is 0.211. The number of ketones is 1. The highest BCUT2D eigenvalue weighted by atomic mass is 79.9. The van der Waals surface area contributed by atoms with Crippen molar-refractivity contribution < 1.29 is 9.21 Å². The molecule has 1 N–H and O–H groups in total. The maximum atomic E-state index is 12.8. The van der Waals surface area contributed by atoms with Crippen LogP contribution in [0.4, 0.5) is 5.95 Å². The van der Waals surface area contributed by atoms with Crippen molar-refractivity contribution in [3.8, 4) is 11.6 Å². The van der Waals surface area contributed by atoms with Crippen LogP contribution in [0.15, 0.2) is 62.8 Å². The number of aromatic nitrogens is 3. The molecule has 3 aromatic rings. The molecule has 2 aromatic heterocycles. The van der Waals surface area contributed by atoms with Crippen LogP contribution in [-0.2, 0) is 4.79 Å². The molecular formula is C19H15BrN4O2. The van der Waals surface area contributed by atoms with Crippen LogP contribution in [0.1, 0.15) is 30.9 Å². The fourth-order valence-corrected chi connectivity index (χ4v) is 4.07. The third-order valence-corrected chi connectivity index (χ3v) is 5.27. The Morgan fingerprint density at radius 3 is 2.96 bits per heavy atom. The molecule has 26 heavy (non-hydrogen) atoms. The lowest BCUT2D eigenvalue weighted by atomic mass is 9.85. The molecule has 6 nitrogen and oxygen atoms in total. The monoisotopic (exact) mass is 410 g/mol. The van der Waals surface area contributed by atoms with Crippen LogP contribution >= 0.6 is 15.9 Å². The number of nitrogens with one attached hydrogen (secondary N) is 1. The molecule has 1 aliphatic heterocycles. The minimum absolute atomic E-state index is 0.171. The number of carbonyl (C=O) groups is 1. The van der Waals surface area contributed by atoms with Crippen molar-refractivity contribution in [1.82, 2.24) is 14.8 Å². The summed E-state index contributed by atoms with van der Waals surface area (Å²) in [7, 11) is 0. The summed E-state index contributed by atoms with van der Waals surface area (Å²) >= 11 is 3.53. The molecule has 7 heteroatoms. The van der Waals surface area contributed by atoms with Gasteiger partial charge in [-0.2, -0.15) is 4.98 Å². The molecule has 0 fully saturated rings. The second-order valence-electron chi connectivity index (χ2n) is 6.43. The average molecular weight is 411 g/mol. The van der Waals surface area contributed by atoms with E-state index < -0.39 is 0 Å². The maximum Gasteiger partial charge on any atom is 0.227 e. The summed E-state index contributed by atoms with van der Waals surface area (Å²) in [5.74, 6) is 1.91. The van der Waals surface area contributed by atoms with E-state index in [-0.39, 0.29) is 11.8 Å². The maximum absolute atomic E-state index is 12.8. The summed E-state index contributed by atoms with van der Waals surface area (Å²) in [4.78, 5) is 17.4. The Morgan fingerprint density at radius 1 is 1.23 bits per heavy atom. The van der Waals surface area contributed by atoms with Gasteiger partial charge in [0.15, 0.2) is 11.5 Å². The van der Waals surface area contributed by atoms with E-state index in [1.165, 1.54) is 0 Å². The normalized spacial score (nSPS) is 19.1. The van der Waals surface area contributed by atoms with Crippen LogP contribution in [0.3, 0.4) is 0 Å². The molecule has 1 atom stereocenters. The van der Waals surface area contributed by atoms with E-state index >= 15 is 0 Å². The van der Waals surface area contributed by atoms with Crippen molar-refractivity contribution in [1.29, 1.82) is 0 Å². The molecule has 0 bridgehead atoms. The average Bonchev–Trinajstić information content (AvgIpc) is 3.29. The van der Waals surface area contributed by atoms with E-state index in [2.05, 4.69) is 31.3 Å². The summed E-state index contributed by atoms with van der Waals surface area (Å²) in [5.41, 5.74) is 2.75. The molecule has 3 heterocycles. The van der Waals surface area contributed by atoms with Crippen LogP contribution < -0.4 is 5.32 Å². The number of nitrogens with zero attached hydrogens (tertiary/aromatic N) is 3. The number of carbonyl (C=O) groups excluding carboxylic acids is 1. The van der Waals surface area contributed by atoms with Gasteiger partial charge in [0.1, 0.15) is 6.04 Å². The Hall–Kier alpha value is -2.67. The standard InChI is InChI=1S/C19H15BrN4O2/c20-12-5-1-4-11(10-12)17-16-13(6-2-7-14(16)25)21-19-22-18(23-24(17)19)15-8-3-9-26-15/h1,3-5,8-10,17H,2,6-7H2,(H,21,22,23). The highest BCUT2D eigenvalue weighted by Crippen LogP contribution is 2.41. The number of hydrogen-bond donors (Lipinski definition) is 1. The van der Waals surface area contributed by atoms with Gasteiger partial charge >= 0.3 is 0 Å². The molecule has 0 amide bonds. The van der Waals surface area contributed by atoms with Crippen molar-refractivity contribution >= 4 is 27.7 Å². The second-order valence-corrected chi connectivity index (χ2v) is 7.35. The van der Waals surface area contributed by atoms with Gasteiger partial charge in [-0.25, -0.2) is 4.68 Å². The van der Waals surface area contributed by atoms with Crippen molar-refractivity contribution in [2.45, 2.75) is 25.3 Å². The highest BCUT2D eigenvalue weighted by molar-refractivity contribution is 9.10. The summed E-state index contributed by atoms with van der Waals surface area (Å²) in [6, 6.07) is 11.3. The van der Waals surface area contributed by atoms with E-state index in [0.717, 1.165) is 34.1 Å². The van der Waals surface area contributed by atoms with Crippen molar-refractivity contribution in [2.75, 3.05) is 5.32 Å². The van der Waals surface area contributed by atoms with Gasteiger partial charge in [-0.05, 0) is 42.7 Å². The lowest BCUT2D eigenvalue weighted by Crippen LogP contribution is -2.31. The van der Waals surface area contributed by atoms with Crippen LogP contribution in [0.2, 0.25) is 0 Å². The number of Topliss-reactive ketones (excluding diaryl/α,β-unsaturated/α-hetero) is 1. The zero-order chi connectivity index (χ0) is 17.7. The van der Waals surface area contributed by atoms with Gasteiger partial charge in [-0.15, -0.1) is 5.10 Å². The Kier molecular flexibility index (Phi) is 3.56. The van der Waals surface area contributed by atoms with Gasteiger partial charge in [-0.1, -0.05) is 28.1 Å². The number of anilines is 1. The Balaban J connectivity index is 1.71. The Labute approximate surface area is 158 Å². The van der Waals surface area contributed by atoms with Gasteiger partial charge in [0, 0.05) is 22.2 Å². The number of benzene rings is 1.